The van der Waals surface area contributed by atoms with Crippen LogP contribution in [0.1, 0.15) is 41.8 Å². The van der Waals surface area contributed by atoms with Crippen molar-refractivity contribution in [3.63, 3.8) is 0 Å². The normalized spacial score (nSPS) is 13.0. The fraction of sp³-hybridized carbons (Fsp3) is 0.500. The van der Waals surface area contributed by atoms with E-state index in [1.807, 2.05) is 40.7 Å². The van der Waals surface area contributed by atoms with Crippen molar-refractivity contribution in [2.75, 3.05) is 12.8 Å². The lowest BCUT2D eigenvalue weighted by Gasteiger charge is -2.20. The number of benzene rings is 1. The second kappa shape index (κ2) is 11.0. The molecule has 0 aliphatic carbocycles. The number of guanidine groups is 1. The average molecular weight is 534 g/mol. The average Bonchev–Trinajstić information content (AvgIpc) is 2.97. The molecule has 2 N–H and O–H groups in total. The maximum Gasteiger partial charge on any atom is 0.214 e. The van der Waals surface area contributed by atoms with Crippen molar-refractivity contribution < 1.29 is 12.8 Å². The van der Waals surface area contributed by atoms with Crippen LogP contribution in [-0.2, 0) is 16.4 Å². The predicted octanol–water partition coefficient (Wildman–Crippen LogP) is 3.44. The van der Waals surface area contributed by atoms with Crippen molar-refractivity contribution in [2.45, 2.75) is 58.5 Å². The molecule has 162 valence electrons. The number of aromatic nitrogens is 1. The van der Waals surface area contributed by atoms with E-state index < -0.39 is 9.84 Å². The summed E-state index contributed by atoms with van der Waals surface area (Å²) in [5.74, 6) is 1.85. The number of aryl methyl sites for hydroxylation is 4. The van der Waals surface area contributed by atoms with Crippen LogP contribution in [-0.4, -0.2) is 38.2 Å². The van der Waals surface area contributed by atoms with Crippen LogP contribution in [0, 0.1) is 27.7 Å². The number of hydrogen-bond donors (Lipinski definition) is 2. The molecule has 1 unspecified atom stereocenters. The lowest BCUT2D eigenvalue weighted by Crippen LogP contribution is -2.45. The molecule has 0 spiro atoms. The minimum Gasteiger partial charge on any atom is -0.444 e. The van der Waals surface area contributed by atoms with Crippen molar-refractivity contribution >= 4 is 39.8 Å². The first kappa shape index (κ1) is 25.4. The summed E-state index contributed by atoms with van der Waals surface area (Å²) >= 11 is 0. The van der Waals surface area contributed by atoms with E-state index in [1.165, 1.54) is 0 Å². The molecule has 0 aliphatic rings. The molecule has 1 heterocycles. The van der Waals surface area contributed by atoms with E-state index in [-0.39, 0.29) is 35.8 Å². The SMILES string of the molecule is CCC(CS(=O)(=O)c1ccc(C)c(C)c1)NC(=NC)NCc1nc(C)c(C)o1.I. The lowest BCUT2D eigenvalue weighted by atomic mass is 10.1. The van der Waals surface area contributed by atoms with Gasteiger partial charge in [-0.15, -0.1) is 24.0 Å². The van der Waals surface area contributed by atoms with Gasteiger partial charge in [-0.2, -0.15) is 0 Å². The van der Waals surface area contributed by atoms with Crippen LogP contribution in [0.25, 0.3) is 0 Å². The number of nitrogens with zero attached hydrogens (tertiary/aromatic N) is 2. The molecule has 0 saturated heterocycles. The minimum atomic E-state index is -3.41. The van der Waals surface area contributed by atoms with Gasteiger partial charge in [0.25, 0.3) is 0 Å². The van der Waals surface area contributed by atoms with Gasteiger partial charge in [-0.25, -0.2) is 13.4 Å². The highest BCUT2D eigenvalue weighted by molar-refractivity contribution is 14.0. The van der Waals surface area contributed by atoms with Crippen molar-refractivity contribution in [2.24, 2.45) is 4.99 Å². The predicted molar refractivity (Wildman–Crippen MR) is 127 cm³/mol. The largest absolute Gasteiger partial charge is 0.444 e. The van der Waals surface area contributed by atoms with Crippen LogP contribution in [0.3, 0.4) is 0 Å². The number of halogens is 1. The topological polar surface area (TPSA) is 96.6 Å². The van der Waals surface area contributed by atoms with Crippen molar-refractivity contribution in [3.05, 3.63) is 46.7 Å². The zero-order chi connectivity index (χ0) is 20.9. The smallest absolute Gasteiger partial charge is 0.214 e. The number of rotatable bonds is 7. The van der Waals surface area contributed by atoms with Gasteiger partial charge in [0.1, 0.15) is 5.76 Å². The Morgan fingerprint density at radius 3 is 2.41 bits per heavy atom. The quantitative estimate of drug-likeness (QED) is 0.321. The van der Waals surface area contributed by atoms with Crippen LogP contribution in [0.5, 0.6) is 0 Å². The number of sulfone groups is 1. The van der Waals surface area contributed by atoms with Crippen molar-refractivity contribution in [1.82, 2.24) is 15.6 Å². The molecule has 1 atom stereocenters. The summed E-state index contributed by atoms with van der Waals surface area (Å²) in [6, 6.07) is 4.98. The van der Waals surface area contributed by atoms with Gasteiger partial charge in [0.15, 0.2) is 15.8 Å². The minimum absolute atomic E-state index is 0. The van der Waals surface area contributed by atoms with Gasteiger partial charge < -0.3 is 15.1 Å². The fourth-order valence-electron chi connectivity index (χ4n) is 2.69. The third kappa shape index (κ3) is 6.98. The van der Waals surface area contributed by atoms with Gasteiger partial charge in [0.2, 0.25) is 5.89 Å². The Morgan fingerprint density at radius 2 is 1.90 bits per heavy atom. The van der Waals surface area contributed by atoms with Gasteiger partial charge in [0.05, 0.1) is 22.9 Å². The maximum absolute atomic E-state index is 12.8. The van der Waals surface area contributed by atoms with Gasteiger partial charge >= 0.3 is 0 Å². The highest BCUT2D eigenvalue weighted by Gasteiger charge is 2.21. The zero-order valence-corrected chi connectivity index (χ0v) is 21.0. The molecular weight excluding hydrogens is 503 g/mol. The first-order valence-electron chi connectivity index (χ1n) is 9.36. The Kier molecular flexibility index (Phi) is 9.60. The first-order chi connectivity index (χ1) is 13.2. The summed E-state index contributed by atoms with van der Waals surface area (Å²) in [7, 11) is -1.77. The number of nitrogens with one attached hydrogen (secondary N) is 2. The van der Waals surface area contributed by atoms with E-state index in [0.717, 1.165) is 22.6 Å². The summed E-state index contributed by atoms with van der Waals surface area (Å²) < 4.78 is 31.2. The van der Waals surface area contributed by atoms with E-state index in [0.29, 0.717) is 29.7 Å². The molecule has 1 aromatic carbocycles. The molecule has 7 nitrogen and oxygen atoms in total. The van der Waals surface area contributed by atoms with E-state index >= 15 is 0 Å². The van der Waals surface area contributed by atoms with Gasteiger partial charge in [-0.1, -0.05) is 13.0 Å². The Balaban J connectivity index is 0.00000420. The zero-order valence-electron chi connectivity index (χ0n) is 17.9. The molecular formula is C20H31IN4O3S. The Morgan fingerprint density at radius 1 is 1.21 bits per heavy atom. The van der Waals surface area contributed by atoms with E-state index in [1.54, 1.807) is 19.2 Å². The van der Waals surface area contributed by atoms with Gasteiger partial charge in [-0.05, 0) is 57.4 Å². The highest BCUT2D eigenvalue weighted by atomic mass is 127. The summed E-state index contributed by atoms with van der Waals surface area (Å²) in [6.45, 7) is 9.95. The maximum atomic E-state index is 12.8. The van der Waals surface area contributed by atoms with Crippen molar-refractivity contribution in [1.29, 1.82) is 0 Å². The van der Waals surface area contributed by atoms with Crippen molar-refractivity contribution in [3.8, 4) is 0 Å². The molecule has 2 aromatic rings. The van der Waals surface area contributed by atoms with Crippen LogP contribution >= 0.6 is 24.0 Å². The van der Waals surface area contributed by atoms with Crippen LogP contribution < -0.4 is 10.6 Å². The Hall–Kier alpha value is -1.62. The third-order valence-electron chi connectivity index (χ3n) is 4.80. The Labute approximate surface area is 190 Å². The molecule has 0 bridgehead atoms. The summed E-state index contributed by atoms with van der Waals surface area (Å²) in [5, 5.41) is 6.31. The molecule has 0 aliphatic heterocycles. The summed E-state index contributed by atoms with van der Waals surface area (Å²) in [4.78, 5) is 8.85. The molecule has 0 amide bonds. The fourth-order valence-corrected chi connectivity index (χ4v) is 4.37. The first-order valence-corrected chi connectivity index (χ1v) is 11.0. The van der Waals surface area contributed by atoms with Crippen LogP contribution in [0.4, 0.5) is 0 Å². The molecule has 0 saturated carbocycles. The van der Waals surface area contributed by atoms with Crippen LogP contribution in [0.2, 0.25) is 0 Å². The van der Waals surface area contributed by atoms with Gasteiger partial charge in [0, 0.05) is 13.1 Å². The molecule has 29 heavy (non-hydrogen) atoms. The molecule has 0 fully saturated rings. The second-order valence-corrected chi connectivity index (χ2v) is 8.99. The number of oxazole rings is 1. The van der Waals surface area contributed by atoms with Gasteiger partial charge in [-0.3, -0.25) is 4.99 Å². The lowest BCUT2D eigenvalue weighted by molar-refractivity contribution is 0.462. The standard InChI is InChI=1S/C20H30N4O3S.HI/c1-7-17(12-28(25,26)18-9-8-13(2)14(3)10-18)24-20(21-6)22-11-19-23-15(4)16(5)27-19;/h8-10,17H,7,11-12H2,1-6H3,(H2,21,22,24);1H. The van der Waals surface area contributed by atoms with E-state index in [2.05, 4.69) is 20.6 Å². The summed E-state index contributed by atoms with van der Waals surface area (Å²) in [5.41, 5.74) is 2.90. The Bertz CT molecular complexity index is 935. The third-order valence-corrected chi connectivity index (χ3v) is 6.61. The summed E-state index contributed by atoms with van der Waals surface area (Å²) in [6.07, 6.45) is 0.641. The van der Waals surface area contributed by atoms with Crippen LogP contribution in [0.15, 0.2) is 32.5 Å². The van der Waals surface area contributed by atoms with E-state index in [4.69, 9.17) is 4.42 Å². The number of hydrogen-bond acceptors (Lipinski definition) is 5. The number of aliphatic imine (C=N–C) groups is 1. The van der Waals surface area contributed by atoms with E-state index in [9.17, 15) is 8.42 Å². The highest BCUT2D eigenvalue weighted by Crippen LogP contribution is 2.17. The second-order valence-electron chi connectivity index (χ2n) is 6.95. The molecule has 9 heteroatoms. The molecule has 1 aromatic heterocycles. The molecule has 0 radical (unpaired) electrons. The monoisotopic (exact) mass is 534 g/mol. The molecule has 2 rings (SSSR count).